The van der Waals surface area contributed by atoms with E-state index in [0.717, 1.165) is 15.9 Å². The van der Waals surface area contributed by atoms with E-state index in [1.54, 1.807) is 18.2 Å². The number of aryl methyl sites for hydroxylation is 1. The van der Waals surface area contributed by atoms with E-state index in [1.165, 1.54) is 6.07 Å². The first-order valence-electron chi connectivity index (χ1n) is 7.70. The molecule has 0 aliphatic rings. The number of amides is 1. The summed E-state index contributed by atoms with van der Waals surface area (Å²) in [6, 6.07) is 14.0. The number of benzene rings is 2. The summed E-state index contributed by atoms with van der Waals surface area (Å²) in [5, 5.41) is 14.6. The molecule has 0 saturated heterocycles. The van der Waals surface area contributed by atoms with Crippen LogP contribution in [-0.4, -0.2) is 31.9 Å². The van der Waals surface area contributed by atoms with Gasteiger partial charge in [0.1, 0.15) is 6.54 Å². The summed E-state index contributed by atoms with van der Waals surface area (Å²) in [7, 11) is 0. The number of rotatable bonds is 6. The van der Waals surface area contributed by atoms with Gasteiger partial charge < -0.3 is 5.32 Å². The molecule has 0 spiro atoms. The average molecular weight is 375 g/mol. The third-order valence-electron chi connectivity index (χ3n) is 3.42. The molecule has 0 aliphatic carbocycles. The van der Waals surface area contributed by atoms with Gasteiger partial charge in [-0.2, -0.15) is 13.6 Å². The number of carbonyl (C=O) groups is 1. The van der Waals surface area contributed by atoms with Crippen LogP contribution in [0.1, 0.15) is 5.56 Å². The van der Waals surface area contributed by atoms with Crippen molar-refractivity contribution in [1.82, 2.24) is 20.2 Å². The molecule has 0 bridgehead atoms. The average Bonchev–Trinajstić information content (AvgIpc) is 3.05. The van der Waals surface area contributed by atoms with Crippen LogP contribution in [0.25, 0.3) is 11.4 Å². The van der Waals surface area contributed by atoms with Crippen LogP contribution in [0.5, 0.6) is 0 Å². The lowest BCUT2D eigenvalue weighted by Gasteiger charge is -2.09. The molecule has 1 heterocycles. The largest absolute Gasteiger partial charge is 0.323 e. The fourth-order valence-electron chi connectivity index (χ4n) is 2.22. The molecule has 0 aliphatic heterocycles. The lowest BCUT2D eigenvalue weighted by atomic mass is 10.1. The van der Waals surface area contributed by atoms with E-state index in [0.29, 0.717) is 28.2 Å². The van der Waals surface area contributed by atoms with Crippen molar-refractivity contribution in [3.05, 3.63) is 54.1 Å². The molecule has 0 saturated carbocycles. The van der Waals surface area contributed by atoms with Crippen LogP contribution in [0.3, 0.4) is 0 Å². The van der Waals surface area contributed by atoms with E-state index >= 15 is 0 Å². The second-order valence-corrected chi connectivity index (χ2v) is 6.46. The number of thioether (sulfide) groups is 1. The first-order valence-corrected chi connectivity index (χ1v) is 8.58. The Labute approximate surface area is 152 Å². The van der Waals surface area contributed by atoms with Gasteiger partial charge in [0.05, 0.1) is 5.69 Å². The first kappa shape index (κ1) is 18.0. The van der Waals surface area contributed by atoms with Crippen molar-refractivity contribution in [2.45, 2.75) is 24.1 Å². The Balaban J connectivity index is 1.67. The smallest absolute Gasteiger partial charge is 0.288 e. The molecule has 26 heavy (non-hydrogen) atoms. The number of halogens is 2. The minimum Gasteiger partial charge on any atom is -0.323 e. The van der Waals surface area contributed by atoms with E-state index in [1.807, 2.05) is 31.2 Å². The second-order valence-electron chi connectivity index (χ2n) is 5.43. The maximum absolute atomic E-state index is 12.6. The maximum atomic E-state index is 12.6. The van der Waals surface area contributed by atoms with E-state index in [-0.39, 0.29) is 6.54 Å². The van der Waals surface area contributed by atoms with E-state index < -0.39 is 11.7 Å². The first-order chi connectivity index (χ1) is 12.5. The third-order valence-corrected chi connectivity index (χ3v) is 4.21. The van der Waals surface area contributed by atoms with Gasteiger partial charge in [-0.1, -0.05) is 53.7 Å². The van der Waals surface area contributed by atoms with E-state index in [4.69, 9.17) is 0 Å². The zero-order chi connectivity index (χ0) is 18.5. The summed E-state index contributed by atoms with van der Waals surface area (Å²) in [6.07, 6.45) is 0. The number of hydrogen-bond acceptors (Lipinski definition) is 5. The van der Waals surface area contributed by atoms with Gasteiger partial charge in [0.15, 0.2) is 0 Å². The molecule has 0 fully saturated rings. The molecule has 134 valence electrons. The Morgan fingerprint density at radius 1 is 1.19 bits per heavy atom. The highest BCUT2D eigenvalue weighted by Crippen LogP contribution is 2.31. The minimum atomic E-state index is -2.57. The fourth-order valence-corrected chi connectivity index (χ4v) is 2.81. The summed E-state index contributed by atoms with van der Waals surface area (Å²) in [4.78, 5) is 13.6. The quantitative estimate of drug-likeness (QED) is 0.667. The predicted octanol–water partition coefficient (Wildman–Crippen LogP) is 3.60. The Kier molecular flexibility index (Phi) is 5.57. The topological polar surface area (TPSA) is 72.7 Å². The van der Waals surface area contributed by atoms with Crippen LogP contribution in [0.15, 0.2) is 53.4 Å². The number of hydrogen-bond donors (Lipinski definition) is 1. The highest BCUT2D eigenvalue weighted by Gasteiger charge is 2.13. The van der Waals surface area contributed by atoms with Crippen molar-refractivity contribution in [1.29, 1.82) is 0 Å². The van der Waals surface area contributed by atoms with E-state index in [2.05, 4.69) is 20.7 Å². The number of anilines is 1. The maximum Gasteiger partial charge on any atom is 0.288 e. The predicted molar refractivity (Wildman–Crippen MR) is 94.9 cm³/mol. The molecule has 1 aromatic heterocycles. The molecule has 0 unspecified atom stereocenters. The van der Waals surface area contributed by atoms with Gasteiger partial charge in [-0.05, 0) is 24.3 Å². The monoisotopic (exact) mass is 375 g/mol. The fraction of sp³-hybridized carbons (Fsp3) is 0.176. The number of aromatic nitrogens is 4. The summed E-state index contributed by atoms with van der Waals surface area (Å²) < 4.78 is 25.2. The van der Waals surface area contributed by atoms with Crippen molar-refractivity contribution < 1.29 is 13.6 Å². The molecule has 0 radical (unpaired) electrons. The van der Waals surface area contributed by atoms with Crippen molar-refractivity contribution in [3.8, 4) is 11.4 Å². The van der Waals surface area contributed by atoms with Gasteiger partial charge in [0.25, 0.3) is 5.76 Å². The molecule has 1 amide bonds. The van der Waals surface area contributed by atoms with Gasteiger partial charge >= 0.3 is 0 Å². The van der Waals surface area contributed by atoms with Crippen LogP contribution in [0.2, 0.25) is 0 Å². The van der Waals surface area contributed by atoms with Crippen LogP contribution >= 0.6 is 11.8 Å². The van der Waals surface area contributed by atoms with Crippen molar-refractivity contribution in [2.75, 3.05) is 5.32 Å². The van der Waals surface area contributed by atoms with Crippen molar-refractivity contribution >= 4 is 23.4 Å². The van der Waals surface area contributed by atoms with Gasteiger partial charge in [0, 0.05) is 10.5 Å². The lowest BCUT2D eigenvalue weighted by Crippen LogP contribution is -2.20. The zero-order valence-electron chi connectivity index (χ0n) is 13.8. The summed E-state index contributed by atoms with van der Waals surface area (Å²) in [5.41, 5.74) is 2.23. The van der Waals surface area contributed by atoms with Gasteiger partial charge in [-0.3, -0.25) is 4.79 Å². The van der Waals surface area contributed by atoms with E-state index in [9.17, 15) is 13.6 Å². The van der Waals surface area contributed by atoms with Gasteiger partial charge in [-0.25, -0.2) is 0 Å². The number of nitrogens with zero attached hydrogens (tertiary/aromatic N) is 4. The van der Waals surface area contributed by atoms with Crippen LogP contribution in [0.4, 0.5) is 14.5 Å². The van der Waals surface area contributed by atoms with Gasteiger partial charge in [-0.15, -0.1) is 10.2 Å². The zero-order valence-corrected chi connectivity index (χ0v) is 14.6. The Morgan fingerprint density at radius 2 is 1.92 bits per heavy atom. The number of nitrogens with one attached hydrogen (secondary N) is 1. The molecule has 9 heteroatoms. The number of carbonyl (C=O) groups excluding carboxylic acids is 1. The molecule has 6 nitrogen and oxygen atoms in total. The highest BCUT2D eigenvalue weighted by atomic mass is 32.2. The highest BCUT2D eigenvalue weighted by molar-refractivity contribution is 7.99. The van der Waals surface area contributed by atoms with Crippen LogP contribution < -0.4 is 5.32 Å². The molecular weight excluding hydrogens is 360 g/mol. The standard InChI is InChI=1S/C17H15F2N5OS/c1-11-6-8-12(9-7-11)16-21-23-24(22-16)10-15(25)20-13-4-2-3-5-14(13)26-17(18)19/h2-9,17H,10H2,1H3,(H,20,25). The number of alkyl halides is 2. The molecule has 2 aromatic carbocycles. The Hall–Kier alpha value is -2.81. The normalized spacial score (nSPS) is 10.9. The number of para-hydroxylation sites is 1. The van der Waals surface area contributed by atoms with Crippen molar-refractivity contribution in [2.24, 2.45) is 0 Å². The summed E-state index contributed by atoms with van der Waals surface area (Å²) >= 11 is 0.377. The molecular formula is C17H15F2N5OS. The Bertz CT molecular complexity index is 898. The summed E-state index contributed by atoms with van der Waals surface area (Å²) in [6.45, 7) is 1.80. The van der Waals surface area contributed by atoms with Crippen molar-refractivity contribution in [3.63, 3.8) is 0 Å². The second kappa shape index (κ2) is 8.05. The van der Waals surface area contributed by atoms with Crippen LogP contribution in [-0.2, 0) is 11.3 Å². The third kappa shape index (κ3) is 4.63. The molecule has 1 N–H and O–H groups in total. The summed E-state index contributed by atoms with van der Waals surface area (Å²) in [5.74, 6) is -2.59. The van der Waals surface area contributed by atoms with Gasteiger partial charge in [0.2, 0.25) is 11.7 Å². The molecule has 0 atom stereocenters. The SMILES string of the molecule is Cc1ccc(-c2nnn(CC(=O)Nc3ccccc3SC(F)F)n2)cc1. The lowest BCUT2D eigenvalue weighted by molar-refractivity contribution is -0.117. The number of tetrazole rings is 1. The van der Waals surface area contributed by atoms with Crippen LogP contribution in [0, 0.1) is 6.92 Å². The minimum absolute atomic E-state index is 0.174. The molecule has 3 rings (SSSR count). The molecule has 3 aromatic rings. The Morgan fingerprint density at radius 3 is 2.65 bits per heavy atom.